The van der Waals surface area contributed by atoms with Crippen molar-refractivity contribution >= 4 is 17.3 Å². The number of nitro benzene ring substituents is 1. The molecular weight excluding hydrogens is 206 g/mol. The van der Waals surface area contributed by atoms with E-state index in [0.717, 1.165) is 0 Å². The van der Waals surface area contributed by atoms with Crippen molar-refractivity contribution < 1.29 is 9.66 Å². The van der Waals surface area contributed by atoms with Crippen LogP contribution in [-0.2, 0) is 0 Å². The highest BCUT2D eigenvalue weighted by atomic mass is 35.5. The van der Waals surface area contributed by atoms with Crippen molar-refractivity contribution in [2.45, 2.75) is 6.92 Å². The summed E-state index contributed by atoms with van der Waals surface area (Å²) in [5.41, 5.74) is -0.0110. The van der Waals surface area contributed by atoms with Gasteiger partial charge in [-0.25, -0.2) is 0 Å². The fraction of sp³-hybridized carbons (Fsp3) is 0.111. The molecule has 14 heavy (non-hydrogen) atoms. The molecule has 0 saturated heterocycles. The Morgan fingerprint density at radius 1 is 1.64 bits per heavy atom. The lowest BCUT2D eigenvalue weighted by Crippen LogP contribution is -1.88. The van der Waals surface area contributed by atoms with Gasteiger partial charge in [-0.05, 0) is 13.0 Å². The summed E-state index contributed by atoms with van der Waals surface area (Å²) in [6, 6.07) is 5.88. The molecule has 0 amide bonds. The van der Waals surface area contributed by atoms with Crippen molar-refractivity contribution in [2.75, 3.05) is 0 Å². The topological polar surface area (TPSA) is 52.4 Å². The van der Waals surface area contributed by atoms with Gasteiger partial charge in [-0.1, -0.05) is 17.7 Å². The minimum absolute atomic E-state index is 0.0110. The molecule has 0 atom stereocenters. The molecule has 74 valence electrons. The molecule has 1 aromatic rings. The summed E-state index contributed by atoms with van der Waals surface area (Å²) in [6.45, 7) is 1.65. The van der Waals surface area contributed by atoms with Crippen LogP contribution in [0.3, 0.4) is 0 Å². The lowest BCUT2D eigenvalue weighted by Gasteiger charge is -1.99. The van der Waals surface area contributed by atoms with E-state index < -0.39 is 4.92 Å². The van der Waals surface area contributed by atoms with Crippen molar-refractivity contribution in [3.63, 3.8) is 0 Å². The van der Waals surface area contributed by atoms with Gasteiger partial charge in [-0.3, -0.25) is 10.1 Å². The summed E-state index contributed by atoms with van der Waals surface area (Å²) in [5.74, 6) is 0.388. The summed E-state index contributed by atoms with van der Waals surface area (Å²) in [6.07, 6.45) is 1.32. The summed E-state index contributed by atoms with van der Waals surface area (Å²) in [5, 5.41) is 10.9. The van der Waals surface area contributed by atoms with Gasteiger partial charge in [-0.2, -0.15) is 0 Å². The Hall–Kier alpha value is -1.55. The monoisotopic (exact) mass is 213 g/mol. The maximum atomic E-state index is 10.4. The van der Waals surface area contributed by atoms with Crippen molar-refractivity contribution in [3.8, 4) is 5.75 Å². The molecule has 0 N–H and O–H groups in total. The van der Waals surface area contributed by atoms with Gasteiger partial charge in [0, 0.05) is 6.07 Å². The van der Waals surface area contributed by atoms with Gasteiger partial charge in [0.2, 0.25) is 0 Å². The van der Waals surface area contributed by atoms with Crippen LogP contribution in [0.2, 0.25) is 0 Å². The van der Waals surface area contributed by atoms with Crippen molar-refractivity contribution in [1.82, 2.24) is 0 Å². The predicted molar refractivity (Wildman–Crippen MR) is 53.3 cm³/mol. The molecular formula is C9H8ClNO3. The molecule has 0 aromatic heterocycles. The van der Waals surface area contributed by atoms with Gasteiger partial charge >= 0.3 is 0 Å². The van der Waals surface area contributed by atoms with Crippen LogP contribution in [-0.4, -0.2) is 4.92 Å². The lowest BCUT2D eigenvalue weighted by atomic mass is 10.3. The number of benzene rings is 1. The van der Waals surface area contributed by atoms with E-state index in [9.17, 15) is 10.1 Å². The molecule has 4 nitrogen and oxygen atoms in total. The van der Waals surface area contributed by atoms with Crippen molar-refractivity contribution in [3.05, 3.63) is 45.7 Å². The van der Waals surface area contributed by atoms with Gasteiger partial charge < -0.3 is 4.74 Å². The zero-order valence-electron chi connectivity index (χ0n) is 7.44. The average molecular weight is 214 g/mol. The van der Waals surface area contributed by atoms with E-state index in [0.29, 0.717) is 10.8 Å². The van der Waals surface area contributed by atoms with Crippen molar-refractivity contribution in [2.24, 2.45) is 0 Å². The number of rotatable bonds is 3. The van der Waals surface area contributed by atoms with Crippen LogP contribution in [0.25, 0.3) is 0 Å². The Labute approximate surface area is 85.9 Å². The van der Waals surface area contributed by atoms with Crippen LogP contribution in [0.5, 0.6) is 5.75 Å². The van der Waals surface area contributed by atoms with E-state index in [1.807, 2.05) is 0 Å². The fourth-order valence-electron chi connectivity index (χ4n) is 0.820. The highest BCUT2D eigenvalue weighted by Crippen LogP contribution is 2.19. The molecule has 0 fully saturated rings. The molecule has 0 saturated carbocycles. The highest BCUT2D eigenvalue weighted by Gasteiger charge is 2.05. The Morgan fingerprint density at radius 3 is 2.93 bits per heavy atom. The molecule has 0 aliphatic rings. The van der Waals surface area contributed by atoms with E-state index in [4.69, 9.17) is 16.3 Å². The molecule has 0 bridgehead atoms. The van der Waals surface area contributed by atoms with Crippen LogP contribution in [0.1, 0.15) is 6.92 Å². The van der Waals surface area contributed by atoms with E-state index in [-0.39, 0.29) is 5.69 Å². The summed E-state index contributed by atoms with van der Waals surface area (Å²) in [4.78, 5) is 9.92. The summed E-state index contributed by atoms with van der Waals surface area (Å²) >= 11 is 5.53. The normalized spacial score (nSPS) is 11.1. The van der Waals surface area contributed by atoms with E-state index in [1.54, 1.807) is 19.1 Å². The van der Waals surface area contributed by atoms with Crippen LogP contribution >= 0.6 is 11.6 Å². The molecule has 0 aliphatic heterocycles. The Kier molecular flexibility index (Phi) is 3.48. The molecule has 0 unspecified atom stereocenters. The first-order valence-electron chi connectivity index (χ1n) is 3.83. The largest absolute Gasteiger partial charge is 0.464 e. The third kappa shape index (κ3) is 3.06. The Bertz CT molecular complexity index is 372. The van der Waals surface area contributed by atoms with Gasteiger partial charge in [-0.15, -0.1) is 0 Å². The second-order valence-corrected chi connectivity index (χ2v) is 3.17. The molecule has 1 rings (SSSR count). The number of nitrogens with zero attached hydrogens (tertiary/aromatic N) is 1. The lowest BCUT2D eigenvalue weighted by molar-refractivity contribution is -0.384. The smallest absolute Gasteiger partial charge is 0.273 e. The van der Waals surface area contributed by atoms with Crippen LogP contribution in [0, 0.1) is 10.1 Å². The molecule has 0 spiro atoms. The first kappa shape index (κ1) is 10.5. The molecule has 5 heteroatoms. The molecule has 0 radical (unpaired) electrons. The van der Waals surface area contributed by atoms with Crippen molar-refractivity contribution in [1.29, 1.82) is 0 Å². The zero-order valence-corrected chi connectivity index (χ0v) is 8.19. The number of nitro groups is 1. The summed E-state index contributed by atoms with van der Waals surface area (Å²) < 4.78 is 5.06. The fourth-order valence-corrected chi connectivity index (χ4v) is 0.864. The molecule has 0 aliphatic carbocycles. The standard InChI is InChI=1S/C9H8ClNO3/c1-7(10)6-14-9-4-2-3-8(5-9)11(12)13/h2-6H,1H3. The van der Waals surface area contributed by atoms with Gasteiger partial charge in [0.05, 0.1) is 16.0 Å². The Morgan fingerprint density at radius 2 is 2.36 bits per heavy atom. The second-order valence-electron chi connectivity index (χ2n) is 2.58. The van der Waals surface area contributed by atoms with Crippen LogP contribution in [0.4, 0.5) is 5.69 Å². The number of allylic oxidation sites excluding steroid dienone is 1. The summed E-state index contributed by atoms with van der Waals surface area (Å²) in [7, 11) is 0. The maximum absolute atomic E-state index is 10.4. The van der Waals surface area contributed by atoms with Gasteiger partial charge in [0.1, 0.15) is 12.0 Å². The third-order valence-corrected chi connectivity index (χ3v) is 1.47. The number of halogens is 1. The number of hydrogen-bond acceptors (Lipinski definition) is 3. The minimum Gasteiger partial charge on any atom is -0.464 e. The minimum atomic E-state index is -0.482. The van der Waals surface area contributed by atoms with Crippen LogP contribution < -0.4 is 4.74 Å². The highest BCUT2D eigenvalue weighted by molar-refractivity contribution is 6.29. The maximum Gasteiger partial charge on any atom is 0.273 e. The SMILES string of the molecule is CC(Cl)=COc1cccc([N+](=O)[O-])c1. The van der Waals surface area contributed by atoms with Gasteiger partial charge in [0.25, 0.3) is 5.69 Å². The number of hydrogen-bond donors (Lipinski definition) is 0. The third-order valence-electron chi connectivity index (χ3n) is 1.39. The molecule has 0 heterocycles. The van der Waals surface area contributed by atoms with E-state index in [1.165, 1.54) is 18.4 Å². The first-order valence-corrected chi connectivity index (χ1v) is 4.21. The average Bonchev–Trinajstić information content (AvgIpc) is 2.15. The molecule has 1 aromatic carbocycles. The Balaban J connectivity index is 2.84. The zero-order chi connectivity index (χ0) is 10.6. The first-order chi connectivity index (χ1) is 6.59. The van der Waals surface area contributed by atoms with E-state index >= 15 is 0 Å². The predicted octanol–water partition coefficient (Wildman–Crippen LogP) is 3.07. The number of ether oxygens (including phenoxy) is 1. The van der Waals surface area contributed by atoms with Crippen LogP contribution in [0.15, 0.2) is 35.6 Å². The quantitative estimate of drug-likeness (QED) is 0.441. The second kappa shape index (κ2) is 4.62. The number of non-ortho nitro benzene ring substituents is 1. The van der Waals surface area contributed by atoms with Gasteiger partial charge in [0.15, 0.2) is 0 Å². The van der Waals surface area contributed by atoms with E-state index in [2.05, 4.69) is 0 Å².